The van der Waals surface area contributed by atoms with E-state index in [0.29, 0.717) is 5.02 Å². The summed E-state index contributed by atoms with van der Waals surface area (Å²) in [5.41, 5.74) is 0.0774. The molecule has 0 aliphatic rings. The number of carbonyl (C=O) groups excluding carboxylic acids is 2. The molecule has 104 valence electrons. The Hall–Kier alpha value is -1.75. The van der Waals surface area contributed by atoms with Gasteiger partial charge in [0.15, 0.2) is 0 Å². The fourth-order valence-corrected chi connectivity index (χ4v) is 1.61. The van der Waals surface area contributed by atoms with Crippen molar-refractivity contribution in [3.63, 3.8) is 0 Å². The predicted molar refractivity (Wildman–Crippen MR) is 73.3 cm³/mol. The van der Waals surface area contributed by atoms with Crippen LogP contribution in [0.25, 0.3) is 0 Å². The van der Waals surface area contributed by atoms with Crippen molar-refractivity contribution in [2.75, 3.05) is 0 Å². The monoisotopic (exact) mass is 284 g/mol. The number of benzene rings is 1. The largest absolute Gasteiger partial charge is 0.507 e. The van der Waals surface area contributed by atoms with Crippen molar-refractivity contribution in [1.29, 1.82) is 0 Å². The molecule has 0 radical (unpaired) electrons. The highest BCUT2D eigenvalue weighted by molar-refractivity contribution is 6.30. The van der Waals surface area contributed by atoms with Crippen molar-refractivity contribution in [3.8, 4) is 5.75 Å². The van der Waals surface area contributed by atoms with Crippen LogP contribution in [0.1, 0.15) is 31.1 Å². The first kappa shape index (κ1) is 15.3. The van der Waals surface area contributed by atoms with Crippen molar-refractivity contribution >= 4 is 23.4 Å². The minimum Gasteiger partial charge on any atom is -0.507 e. The molecule has 3 N–H and O–H groups in total. The molecule has 1 atom stereocenters. The van der Waals surface area contributed by atoms with Crippen LogP contribution in [0, 0.1) is 0 Å². The Labute approximate surface area is 117 Å². The summed E-state index contributed by atoms with van der Waals surface area (Å²) in [4.78, 5) is 23.5. The summed E-state index contributed by atoms with van der Waals surface area (Å²) in [7, 11) is 0. The van der Waals surface area contributed by atoms with Crippen LogP contribution in [0.2, 0.25) is 5.02 Å². The third kappa shape index (κ3) is 4.44. The van der Waals surface area contributed by atoms with E-state index in [2.05, 4.69) is 10.6 Å². The molecule has 1 rings (SSSR count). The molecule has 1 unspecified atom stereocenters. The average molecular weight is 285 g/mol. The van der Waals surface area contributed by atoms with Crippen molar-refractivity contribution in [1.82, 2.24) is 10.6 Å². The molecule has 5 nitrogen and oxygen atoms in total. The van der Waals surface area contributed by atoms with Gasteiger partial charge in [0, 0.05) is 11.1 Å². The van der Waals surface area contributed by atoms with E-state index < -0.39 is 11.9 Å². The number of carbonyl (C=O) groups is 2. The highest BCUT2D eigenvalue weighted by Crippen LogP contribution is 2.21. The Morgan fingerprint density at radius 1 is 1.21 bits per heavy atom. The molecular weight excluding hydrogens is 268 g/mol. The maximum absolute atomic E-state index is 11.9. The third-order valence-electron chi connectivity index (χ3n) is 2.38. The number of halogens is 1. The molecule has 1 aromatic rings. The van der Waals surface area contributed by atoms with E-state index in [1.807, 2.05) is 13.8 Å². The SMILES string of the molecule is CC(C)NC(=O)C(C)NC(=O)c1ccc(Cl)cc1O. The molecule has 1 aromatic carbocycles. The first-order valence-corrected chi connectivity index (χ1v) is 6.28. The summed E-state index contributed by atoms with van der Waals surface area (Å²) in [5, 5.41) is 15.1. The summed E-state index contributed by atoms with van der Waals surface area (Å²) in [6.07, 6.45) is 0. The van der Waals surface area contributed by atoms with Crippen molar-refractivity contribution in [2.24, 2.45) is 0 Å². The molecule has 0 aromatic heterocycles. The van der Waals surface area contributed by atoms with Gasteiger partial charge in [-0.1, -0.05) is 11.6 Å². The number of hydrogen-bond acceptors (Lipinski definition) is 3. The molecule has 0 bridgehead atoms. The van der Waals surface area contributed by atoms with Gasteiger partial charge >= 0.3 is 0 Å². The van der Waals surface area contributed by atoms with Gasteiger partial charge in [0.25, 0.3) is 5.91 Å². The number of amides is 2. The molecule has 0 saturated carbocycles. The smallest absolute Gasteiger partial charge is 0.255 e. The quantitative estimate of drug-likeness (QED) is 0.787. The average Bonchev–Trinajstić information content (AvgIpc) is 2.27. The van der Waals surface area contributed by atoms with Crippen LogP contribution in [0.5, 0.6) is 5.75 Å². The molecule has 0 saturated heterocycles. The number of aromatic hydroxyl groups is 1. The van der Waals surface area contributed by atoms with Gasteiger partial charge < -0.3 is 15.7 Å². The Balaban J connectivity index is 2.71. The van der Waals surface area contributed by atoms with Crippen molar-refractivity contribution in [2.45, 2.75) is 32.9 Å². The normalized spacial score (nSPS) is 12.1. The maximum atomic E-state index is 11.9. The minimum atomic E-state index is -0.690. The molecule has 0 spiro atoms. The second-order valence-corrected chi connectivity index (χ2v) is 4.96. The second-order valence-electron chi connectivity index (χ2n) is 4.52. The third-order valence-corrected chi connectivity index (χ3v) is 2.61. The zero-order valence-corrected chi connectivity index (χ0v) is 11.8. The highest BCUT2D eigenvalue weighted by atomic mass is 35.5. The van der Waals surface area contributed by atoms with E-state index in [1.54, 1.807) is 6.92 Å². The molecule has 6 heteroatoms. The van der Waals surface area contributed by atoms with Gasteiger partial charge in [-0.3, -0.25) is 9.59 Å². The minimum absolute atomic E-state index is 0.00390. The van der Waals surface area contributed by atoms with E-state index in [0.717, 1.165) is 0 Å². The molecular formula is C13H17ClN2O3. The topological polar surface area (TPSA) is 78.4 Å². The molecule has 0 aliphatic carbocycles. The number of hydrogen-bond donors (Lipinski definition) is 3. The van der Waals surface area contributed by atoms with Crippen LogP contribution in [0.4, 0.5) is 0 Å². The van der Waals surface area contributed by atoms with Gasteiger partial charge in [-0.2, -0.15) is 0 Å². The van der Waals surface area contributed by atoms with Crippen LogP contribution in [0.3, 0.4) is 0 Å². The van der Waals surface area contributed by atoms with Crippen LogP contribution < -0.4 is 10.6 Å². The van der Waals surface area contributed by atoms with Crippen LogP contribution in [-0.4, -0.2) is 29.0 Å². The summed E-state index contributed by atoms with van der Waals surface area (Å²) < 4.78 is 0. The molecule has 19 heavy (non-hydrogen) atoms. The lowest BCUT2D eigenvalue weighted by Crippen LogP contribution is -2.46. The van der Waals surface area contributed by atoms with Crippen molar-refractivity contribution in [3.05, 3.63) is 28.8 Å². The van der Waals surface area contributed by atoms with E-state index in [-0.39, 0.29) is 23.3 Å². The first-order valence-electron chi connectivity index (χ1n) is 5.91. The number of phenols is 1. The molecule has 0 fully saturated rings. The molecule has 0 heterocycles. The first-order chi connectivity index (χ1) is 8.81. The summed E-state index contributed by atoms with van der Waals surface area (Å²) in [6, 6.07) is 3.48. The summed E-state index contributed by atoms with van der Waals surface area (Å²) in [6.45, 7) is 5.23. The Bertz CT molecular complexity index is 489. The Kier molecular flexibility index (Phi) is 5.18. The number of nitrogens with one attached hydrogen (secondary N) is 2. The van der Waals surface area contributed by atoms with Crippen LogP contribution in [-0.2, 0) is 4.79 Å². The van der Waals surface area contributed by atoms with Crippen molar-refractivity contribution < 1.29 is 14.7 Å². The summed E-state index contributed by atoms with van der Waals surface area (Å²) in [5.74, 6) is -1.03. The van der Waals surface area contributed by atoms with E-state index in [1.165, 1.54) is 18.2 Å². The lowest BCUT2D eigenvalue weighted by molar-refractivity contribution is -0.123. The van der Waals surface area contributed by atoms with Crippen LogP contribution >= 0.6 is 11.6 Å². The van der Waals surface area contributed by atoms with Gasteiger partial charge in [-0.15, -0.1) is 0 Å². The lowest BCUT2D eigenvalue weighted by atomic mass is 10.1. The van der Waals surface area contributed by atoms with Gasteiger partial charge in [0.2, 0.25) is 5.91 Å². The lowest BCUT2D eigenvalue weighted by Gasteiger charge is -2.16. The molecule has 2 amide bonds. The highest BCUT2D eigenvalue weighted by Gasteiger charge is 2.19. The number of rotatable bonds is 4. The van der Waals surface area contributed by atoms with Gasteiger partial charge in [-0.05, 0) is 39.0 Å². The van der Waals surface area contributed by atoms with Gasteiger partial charge in [0.05, 0.1) is 5.56 Å². The summed E-state index contributed by atoms with van der Waals surface area (Å²) >= 11 is 5.68. The zero-order chi connectivity index (χ0) is 14.6. The van der Waals surface area contributed by atoms with E-state index >= 15 is 0 Å². The fraction of sp³-hybridized carbons (Fsp3) is 0.385. The zero-order valence-electron chi connectivity index (χ0n) is 11.0. The van der Waals surface area contributed by atoms with E-state index in [4.69, 9.17) is 11.6 Å². The fourth-order valence-electron chi connectivity index (χ4n) is 1.45. The van der Waals surface area contributed by atoms with E-state index in [9.17, 15) is 14.7 Å². The molecule has 0 aliphatic heterocycles. The standard InChI is InChI=1S/C13H17ClN2O3/c1-7(2)15-12(18)8(3)16-13(19)10-5-4-9(14)6-11(10)17/h4-8,17H,1-3H3,(H,15,18)(H,16,19). The number of phenolic OH excluding ortho intramolecular Hbond substituents is 1. The Morgan fingerprint density at radius 3 is 2.37 bits per heavy atom. The second kappa shape index (κ2) is 6.43. The maximum Gasteiger partial charge on any atom is 0.255 e. The van der Waals surface area contributed by atoms with Crippen LogP contribution in [0.15, 0.2) is 18.2 Å². The van der Waals surface area contributed by atoms with Gasteiger partial charge in [0.1, 0.15) is 11.8 Å². The van der Waals surface area contributed by atoms with Gasteiger partial charge in [-0.25, -0.2) is 0 Å². The predicted octanol–water partition coefficient (Wildman–Crippen LogP) is 1.69. The Morgan fingerprint density at radius 2 is 1.84 bits per heavy atom.